The van der Waals surface area contributed by atoms with Gasteiger partial charge < -0.3 is 0 Å². The van der Waals surface area contributed by atoms with Crippen molar-refractivity contribution in [1.29, 1.82) is 0 Å². The molecular formula is C20H22. The highest BCUT2D eigenvalue weighted by molar-refractivity contribution is 5.81. The Balaban J connectivity index is 2.47. The van der Waals surface area contributed by atoms with E-state index >= 15 is 0 Å². The van der Waals surface area contributed by atoms with Gasteiger partial charge in [0, 0.05) is 0 Å². The molecule has 0 nitrogen and oxygen atoms in total. The molecule has 0 atom stereocenters. The minimum atomic E-state index is 1.00. The first kappa shape index (κ1) is 14.3. The lowest BCUT2D eigenvalue weighted by molar-refractivity contribution is 1.13. The first-order valence-electron chi connectivity index (χ1n) is 7.08. The number of rotatable bonds is 4. The fourth-order valence-corrected chi connectivity index (χ4v) is 2.43. The predicted molar refractivity (Wildman–Crippen MR) is 89.8 cm³/mol. The van der Waals surface area contributed by atoms with E-state index in [4.69, 9.17) is 0 Å². The SMILES string of the molecule is C=C(C)c1ccc(C(=C)c2cccc(C)c2)c(CC)c1. The fourth-order valence-electron chi connectivity index (χ4n) is 2.43. The Kier molecular flexibility index (Phi) is 4.24. The van der Waals surface area contributed by atoms with Gasteiger partial charge in [-0.1, -0.05) is 73.7 Å². The molecular weight excluding hydrogens is 240 g/mol. The largest absolute Gasteiger partial charge is 0.0955 e. The van der Waals surface area contributed by atoms with Crippen molar-refractivity contribution < 1.29 is 0 Å². The maximum absolute atomic E-state index is 4.30. The van der Waals surface area contributed by atoms with Crippen molar-refractivity contribution >= 4 is 11.1 Å². The van der Waals surface area contributed by atoms with Crippen molar-refractivity contribution in [3.05, 3.63) is 83.4 Å². The molecule has 20 heavy (non-hydrogen) atoms. The highest BCUT2D eigenvalue weighted by Gasteiger charge is 2.08. The third-order valence-electron chi connectivity index (χ3n) is 3.67. The van der Waals surface area contributed by atoms with E-state index in [0.717, 1.165) is 17.6 Å². The average Bonchev–Trinajstić information content (AvgIpc) is 2.45. The Morgan fingerprint density at radius 2 is 1.75 bits per heavy atom. The van der Waals surface area contributed by atoms with E-state index in [-0.39, 0.29) is 0 Å². The van der Waals surface area contributed by atoms with Crippen LogP contribution in [0.3, 0.4) is 0 Å². The first-order valence-corrected chi connectivity index (χ1v) is 7.08. The van der Waals surface area contributed by atoms with Crippen LogP contribution in [0.25, 0.3) is 11.1 Å². The van der Waals surface area contributed by atoms with Crippen LogP contribution in [0.2, 0.25) is 0 Å². The van der Waals surface area contributed by atoms with Gasteiger partial charge in [-0.25, -0.2) is 0 Å². The number of hydrogen-bond acceptors (Lipinski definition) is 0. The zero-order valence-corrected chi connectivity index (χ0v) is 12.7. The van der Waals surface area contributed by atoms with Gasteiger partial charge in [-0.2, -0.15) is 0 Å². The summed E-state index contributed by atoms with van der Waals surface area (Å²) in [6, 6.07) is 15.1. The Bertz CT molecular complexity index is 659. The fraction of sp³-hybridized carbons (Fsp3) is 0.200. The van der Waals surface area contributed by atoms with Gasteiger partial charge in [-0.15, -0.1) is 0 Å². The van der Waals surface area contributed by atoms with E-state index in [1.165, 1.54) is 27.8 Å². The van der Waals surface area contributed by atoms with Crippen molar-refractivity contribution in [2.45, 2.75) is 27.2 Å². The Hall–Kier alpha value is -2.08. The van der Waals surface area contributed by atoms with Crippen LogP contribution in [-0.4, -0.2) is 0 Å². The molecule has 102 valence electrons. The van der Waals surface area contributed by atoms with Gasteiger partial charge in [0.2, 0.25) is 0 Å². The highest BCUT2D eigenvalue weighted by Crippen LogP contribution is 2.28. The van der Waals surface area contributed by atoms with Crippen LogP contribution in [0, 0.1) is 6.92 Å². The van der Waals surface area contributed by atoms with E-state index in [0.29, 0.717) is 0 Å². The summed E-state index contributed by atoms with van der Waals surface area (Å²) in [6.07, 6.45) is 1.00. The second kappa shape index (κ2) is 5.92. The van der Waals surface area contributed by atoms with Gasteiger partial charge in [0.15, 0.2) is 0 Å². The molecule has 0 spiro atoms. The normalized spacial score (nSPS) is 10.3. The predicted octanol–water partition coefficient (Wildman–Crippen LogP) is 5.65. The van der Waals surface area contributed by atoms with Crippen LogP contribution < -0.4 is 0 Å². The van der Waals surface area contributed by atoms with E-state index in [1.807, 2.05) is 6.92 Å². The quantitative estimate of drug-likeness (QED) is 0.667. The van der Waals surface area contributed by atoms with E-state index < -0.39 is 0 Å². The summed E-state index contributed by atoms with van der Waals surface area (Å²) in [4.78, 5) is 0. The summed E-state index contributed by atoms with van der Waals surface area (Å²) in [6.45, 7) is 14.7. The van der Waals surface area contributed by atoms with Crippen LogP contribution in [0.4, 0.5) is 0 Å². The van der Waals surface area contributed by atoms with Crippen LogP contribution in [0.15, 0.2) is 55.6 Å². The first-order chi connectivity index (χ1) is 9.52. The number of hydrogen-bond donors (Lipinski definition) is 0. The maximum Gasteiger partial charge on any atom is -0.0152 e. The van der Waals surface area contributed by atoms with Gasteiger partial charge in [0.05, 0.1) is 0 Å². The molecule has 0 aliphatic carbocycles. The number of allylic oxidation sites excluding steroid dienone is 1. The minimum Gasteiger partial charge on any atom is -0.0955 e. The van der Waals surface area contributed by atoms with Crippen molar-refractivity contribution in [3.8, 4) is 0 Å². The third kappa shape index (κ3) is 2.91. The van der Waals surface area contributed by atoms with E-state index in [1.54, 1.807) is 0 Å². The topological polar surface area (TPSA) is 0 Å². The third-order valence-corrected chi connectivity index (χ3v) is 3.67. The van der Waals surface area contributed by atoms with Gasteiger partial charge in [0.25, 0.3) is 0 Å². The van der Waals surface area contributed by atoms with Gasteiger partial charge in [0.1, 0.15) is 0 Å². The summed E-state index contributed by atoms with van der Waals surface area (Å²) in [5.41, 5.74) is 8.44. The molecule has 2 aromatic rings. The summed E-state index contributed by atoms with van der Waals surface area (Å²) >= 11 is 0. The molecule has 0 heteroatoms. The van der Waals surface area contributed by atoms with Crippen molar-refractivity contribution in [2.75, 3.05) is 0 Å². The minimum absolute atomic E-state index is 1.00. The maximum atomic E-state index is 4.30. The van der Waals surface area contributed by atoms with Gasteiger partial charge in [-0.3, -0.25) is 0 Å². The lowest BCUT2D eigenvalue weighted by atomic mass is 9.91. The molecule has 0 unspecified atom stereocenters. The number of aryl methyl sites for hydroxylation is 2. The van der Waals surface area contributed by atoms with Crippen molar-refractivity contribution in [2.24, 2.45) is 0 Å². The molecule has 0 aliphatic rings. The summed E-state index contributed by atoms with van der Waals surface area (Å²) < 4.78 is 0. The average molecular weight is 262 g/mol. The summed E-state index contributed by atoms with van der Waals surface area (Å²) in [7, 11) is 0. The number of benzene rings is 2. The molecule has 0 bridgehead atoms. The van der Waals surface area contributed by atoms with Crippen molar-refractivity contribution in [1.82, 2.24) is 0 Å². The Morgan fingerprint density at radius 3 is 2.35 bits per heavy atom. The van der Waals surface area contributed by atoms with Crippen LogP contribution in [0.1, 0.15) is 41.7 Å². The Morgan fingerprint density at radius 1 is 1.00 bits per heavy atom. The zero-order chi connectivity index (χ0) is 14.7. The molecule has 2 rings (SSSR count). The molecule has 0 aliphatic heterocycles. The van der Waals surface area contributed by atoms with Crippen LogP contribution in [-0.2, 0) is 6.42 Å². The van der Waals surface area contributed by atoms with Crippen LogP contribution >= 0.6 is 0 Å². The second-order valence-corrected chi connectivity index (χ2v) is 5.35. The molecule has 2 aromatic carbocycles. The van der Waals surface area contributed by atoms with Crippen LogP contribution in [0.5, 0.6) is 0 Å². The molecule has 0 saturated carbocycles. The Labute approximate surface area is 122 Å². The molecule has 0 heterocycles. The lowest BCUT2D eigenvalue weighted by Crippen LogP contribution is -1.95. The summed E-state index contributed by atoms with van der Waals surface area (Å²) in [5, 5.41) is 0. The molecule has 0 radical (unpaired) electrons. The highest BCUT2D eigenvalue weighted by atomic mass is 14.1. The molecule has 0 amide bonds. The molecule has 0 saturated heterocycles. The van der Waals surface area contributed by atoms with Crippen molar-refractivity contribution in [3.63, 3.8) is 0 Å². The zero-order valence-electron chi connectivity index (χ0n) is 12.7. The van der Waals surface area contributed by atoms with Gasteiger partial charge in [-0.05, 0) is 48.1 Å². The lowest BCUT2D eigenvalue weighted by Gasteiger charge is -2.14. The van der Waals surface area contributed by atoms with E-state index in [2.05, 4.69) is 69.5 Å². The summed E-state index contributed by atoms with van der Waals surface area (Å²) in [5.74, 6) is 0. The second-order valence-electron chi connectivity index (χ2n) is 5.35. The smallest absolute Gasteiger partial charge is 0.0152 e. The van der Waals surface area contributed by atoms with E-state index in [9.17, 15) is 0 Å². The van der Waals surface area contributed by atoms with Gasteiger partial charge >= 0.3 is 0 Å². The standard InChI is InChI=1S/C20H22/c1-6-17-13-18(14(2)3)10-11-20(17)16(5)19-9-7-8-15(4)12-19/h7-13H,2,5-6H2,1,3-4H3. The molecule has 0 aromatic heterocycles. The molecule has 0 fully saturated rings. The molecule has 0 N–H and O–H groups in total. The monoisotopic (exact) mass is 262 g/mol.